The molecule has 2 rings (SSSR count). The molecule has 0 saturated heterocycles. The molecule has 0 saturated carbocycles. The first kappa shape index (κ1) is 10.0. The second-order valence-corrected chi connectivity index (χ2v) is 3.99. The van der Waals surface area contributed by atoms with Crippen molar-refractivity contribution in [3.8, 4) is 5.82 Å². The van der Waals surface area contributed by atoms with Crippen LogP contribution in [0.2, 0.25) is 0 Å². The van der Waals surface area contributed by atoms with Crippen LogP contribution in [-0.4, -0.2) is 25.6 Å². The fraction of sp³-hybridized carbons (Fsp3) is 0. The summed E-state index contributed by atoms with van der Waals surface area (Å²) >= 11 is 2.14. The van der Waals surface area contributed by atoms with E-state index < -0.39 is 0 Å². The van der Waals surface area contributed by atoms with Gasteiger partial charge in [0.2, 0.25) is 0 Å². The first-order valence-electron chi connectivity index (χ1n) is 4.04. The molecule has 15 heavy (non-hydrogen) atoms. The van der Waals surface area contributed by atoms with Gasteiger partial charge in [-0.1, -0.05) is 0 Å². The van der Waals surface area contributed by atoms with Gasteiger partial charge >= 0.3 is 0 Å². The van der Waals surface area contributed by atoms with Crippen LogP contribution in [0.4, 0.5) is 0 Å². The summed E-state index contributed by atoms with van der Waals surface area (Å²) < 4.78 is 2.53. The predicted molar refractivity (Wildman–Crippen MR) is 62.9 cm³/mol. The van der Waals surface area contributed by atoms with Gasteiger partial charge in [0.05, 0.1) is 9.77 Å². The highest BCUT2D eigenvalue weighted by atomic mass is 127. The van der Waals surface area contributed by atoms with E-state index in [-0.39, 0.29) is 5.84 Å². The van der Waals surface area contributed by atoms with Crippen molar-refractivity contribution in [3.05, 3.63) is 34.1 Å². The molecule has 0 bridgehead atoms. The molecule has 2 aromatic rings. The van der Waals surface area contributed by atoms with Crippen LogP contribution in [0.15, 0.2) is 24.8 Å². The van der Waals surface area contributed by atoms with E-state index in [9.17, 15) is 0 Å². The molecule has 0 aromatic carbocycles. The summed E-state index contributed by atoms with van der Waals surface area (Å²) in [5, 5.41) is 11.4. The molecule has 2 heterocycles. The third-order valence-electron chi connectivity index (χ3n) is 1.70. The Morgan fingerprint density at radius 1 is 1.40 bits per heavy atom. The summed E-state index contributed by atoms with van der Waals surface area (Å²) in [4.78, 5) is 8.09. The van der Waals surface area contributed by atoms with Gasteiger partial charge in [-0.25, -0.2) is 14.6 Å². The van der Waals surface area contributed by atoms with Crippen molar-refractivity contribution in [2.45, 2.75) is 0 Å². The van der Waals surface area contributed by atoms with E-state index in [2.05, 4.69) is 37.7 Å². The van der Waals surface area contributed by atoms with Crippen molar-refractivity contribution < 1.29 is 0 Å². The van der Waals surface area contributed by atoms with Crippen LogP contribution in [0.5, 0.6) is 0 Å². The monoisotopic (exact) mass is 314 g/mol. The molecule has 0 fully saturated rings. The molecule has 0 spiro atoms. The number of halogens is 1. The number of hydrogen-bond donors (Lipinski definition) is 2. The first-order chi connectivity index (χ1) is 7.18. The predicted octanol–water partition coefficient (Wildman–Crippen LogP) is 0.551. The van der Waals surface area contributed by atoms with Crippen molar-refractivity contribution in [2.24, 2.45) is 5.73 Å². The molecule has 6 nitrogen and oxygen atoms in total. The van der Waals surface area contributed by atoms with Crippen LogP contribution >= 0.6 is 22.6 Å². The third-order valence-corrected chi connectivity index (χ3v) is 2.26. The highest BCUT2D eigenvalue weighted by Crippen LogP contribution is 2.09. The quantitative estimate of drug-likeness (QED) is 0.481. The van der Waals surface area contributed by atoms with E-state index in [1.54, 1.807) is 17.1 Å². The summed E-state index contributed by atoms with van der Waals surface area (Å²) in [5.74, 6) is 0.344. The molecule has 0 amide bonds. The molecule has 3 N–H and O–H groups in total. The molecule has 0 atom stereocenters. The van der Waals surface area contributed by atoms with Crippen LogP contribution in [-0.2, 0) is 0 Å². The van der Waals surface area contributed by atoms with Gasteiger partial charge in [-0.15, -0.1) is 0 Å². The smallest absolute Gasteiger partial charge is 0.183 e. The summed E-state index contributed by atoms with van der Waals surface area (Å²) in [6.45, 7) is 0. The van der Waals surface area contributed by atoms with Gasteiger partial charge in [0.15, 0.2) is 5.82 Å². The number of amidine groups is 1. The largest absolute Gasteiger partial charge is 0.382 e. The van der Waals surface area contributed by atoms with E-state index in [1.807, 2.05) is 0 Å². The lowest BCUT2D eigenvalue weighted by atomic mass is 10.4. The Bertz CT molecular complexity index is 505. The van der Waals surface area contributed by atoms with Crippen LogP contribution < -0.4 is 5.73 Å². The lowest BCUT2D eigenvalue weighted by molar-refractivity contribution is 0.833. The number of rotatable bonds is 2. The Morgan fingerprint density at radius 3 is 2.73 bits per heavy atom. The lowest BCUT2D eigenvalue weighted by Crippen LogP contribution is -2.18. The lowest BCUT2D eigenvalue weighted by Gasteiger charge is -2.04. The zero-order chi connectivity index (χ0) is 10.8. The number of nitrogens with one attached hydrogen (secondary N) is 1. The van der Waals surface area contributed by atoms with Crippen LogP contribution in [0, 0.1) is 8.98 Å². The summed E-state index contributed by atoms with van der Waals surface area (Å²) in [6, 6.07) is 0. The maximum absolute atomic E-state index is 7.36. The van der Waals surface area contributed by atoms with Gasteiger partial charge in [0, 0.05) is 18.6 Å². The van der Waals surface area contributed by atoms with Crippen molar-refractivity contribution in [1.82, 2.24) is 19.7 Å². The second kappa shape index (κ2) is 3.93. The van der Waals surface area contributed by atoms with Gasteiger partial charge in [-0.3, -0.25) is 5.41 Å². The van der Waals surface area contributed by atoms with Gasteiger partial charge in [-0.2, -0.15) is 5.10 Å². The molecular formula is C8H7IN6. The van der Waals surface area contributed by atoms with E-state index in [1.165, 1.54) is 12.4 Å². The Morgan fingerprint density at radius 2 is 2.13 bits per heavy atom. The van der Waals surface area contributed by atoms with E-state index in [0.717, 1.165) is 3.57 Å². The summed E-state index contributed by atoms with van der Waals surface area (Å²) in [7, 11) is 0. The average Bonchev–Trinajstić information content (AvgIpc) is 2.65. The Balaban J connectivity index is 2.57. The van der Waals surface area contributed by atoms with Gasteiger partial charge in [0.25, 0.3) is 0 Å². The van der Waals surface area contributed by atoms with Crippen molar-refractivity contribution >= 4 is 28.4 Å². The molecule has 76 valence electrons. The third kappa shape index (κ3) is 1.96. The van der Waals surface area contributed by atoms with Crippen molar-refractivity contribution in [1.29, 1.82) is 5.41 Å². The molecular weight excluding hydrogens is 307 g/mol. The minimum atomic E-state index is -0.122. The van der Waals surface area contributed by atoms with Gasteiger partial charge in [0.1, 0.15) is 11.5 Å². The van der Waals surface area contributed by atoms with E-state index >= 15 is 0 Å². The molecule has 2 aromatic heterocycles. The zero-order valence-corrected chi connectivity index (χ0v) is 9.71. The number of nitrogens with two attached hydrogens (primary N) is 1. The summed E-state index contributed by atoms with van der Waals surface area (Å²) in [6.07, 6.45) is 6.52. The van der Waals surface area contributed by atoms with E-state index in [4.69, 9.17) is 11.1 Å². The number of nitrogen functional groups attached to an aromatic ring is 1. The molecule has 0 aliphatic heterocycles. The summed E-state index contributed by atoms with van der Waals surface area (Å²) in [5.41, 5.74) is 5.73. The van der Waals surface area contributed by atoms with E-state index in [0.29, 0.717) is 11.5 Å². The fourth-order valence-electron chi connectivity index (χ4n) is 1.11. The Labute approximate surface area is 99.2 Å². The van der Waals surface area contributed by atoms with Crippen LogP contribution in [0.3, 0.4) is 0 Å². The fourth-order valence-corrected chi connectivity index (χ4v) is 1.49. The number of nitrogens with zero attached hydrogens (tertiary/aromatic N) is 4. The number of aromatic nitrogens is 4. The Kier molecular flexibility index (Phi) is 2.62. The van der Waals surface area contributed by atoms with Crippen LogP contribution in [0.25, 0.3) is 5.82 Å². The maximum Gasteiger partial charge on any atom is 0.183 e. The maximum atomic E-state index is 7.36. The van der Waals surface area contributed by atoms with Gasteiger partial charge in [-0.05, 0) is 22.6 Å². The molecule has 7 heteroatoms. The minimum Gasteiger partial charge on any atom is -0.382 e. The molecule has 0 radical (unpaired) electrons. The highest BCUT2D eigenvalue weighted by Gasteiger charge is 2.10. The second-order valence-electron chi connectivity index (χ2n) is 2.75. The molecule has 0 aliphatic carbocycles. The topological polar surface area (TPSA) is 93.5 Å². The first-order valence-corrected chi connectivity index (χ1v) is 5.12. The minimum absolute atomic E-state index is 0.122. The molecule has 0 unspecified atom stereocenters. The average molecular weight is 314 g/mol. The van der Waals surface area contributed by atoms with Crippen LogP contribution in [0.1, 0.15) is 5.69 Å². The standard InChI is InChI=1S/C8H7IN6/c9-5-3-14-15(4-5)8-6(7(10)11)12-1-2-13-8/h1-4H,(H3,10,11). The van der Waals surface area contributed by atoms with Crippen molar-refractivity contribution in [3.63, 3.8) is 0 Å². The molecule has 0 aliphatic rings. The van der Waals surface area contributed by atoms with Gasteiger partial charge < -0.3 is 5.73 Å². The SMILES string of the molecule is N=C(N)c1nccnc1-n1cc(I)cn1. The number of hydrogen-bond acceptors (Lipinski definition) is 4. The Hall–Kier alpha value is -1.51. The zero-order valence-electron chi connectivity index (χ0n) is 7.55. The highest BCUT2D eigenvalue weighted by molar-refractivity contribution is 14.1. The normalized spacial score (nSPS) is 10.2. The van der Waals surface area contributed by atoms with Crippen molar-refractivity contribution in [2.75, 3.05) is 0 Å².